The number of rotatable bonds is 4. The molecule has 0 bridgehead atoms. The van der Waals surface area contributed by atoms with Gasteiger partial charge in [-0.15, -0.1) is 0 Å². The Morgan fingerprint density at radius 2 is 2.25 bits per heavy atom. The van der Waals surface area contributed by atoms with Gasteiger partial charge in [0.25, 0.3) is 0 Å². The number of aryl methyl sites for hydroxylation is 1. The van der Waals surface area contributed by atoms with E-state index in [-0.39, 0.29) is 0 Å². The minimum Gasteiger partial charge on any atom is -0.469 e. The van der Waals surface area contributed by atoms with E-state index in [1.165, 1.54) is 0 Å². The predicted molar refractivity (Wildman–Crippen MR) is 66.2 cm³/mol. The van der Waals surface area contributed by atoms with Crippen molar-refractivity contribution in [1.29, 1.82) is 0 Å². The number of nitrogens with two attached hydrogens (primary N) is 1. The van der Waals surface area contributed by atoms with Gasteiger partial charge >= 0.3 is 0 Å². The van der Waals surface area contributed by atoms with Crippen molar-refractivity contribution in [3.8, 4) is 0 Å². The summed E-state index contributed by atoms with van der Waals surface area (Å²) in [7, 11) is 1.94. The molecule has 1 heterocycles. The molecule has 1 aromatic rings. The van der Waals surface area contributed by atoms with Crippen LogP contribution < -0.4 is 5.73 Å². The fraction of sp³-hybridized carbons (Fsp3) is 0.583. The van der Waals surface area contributed by atoms with Crippen LogP contribution in [-0.4, -0.2) is 24.5 Å². The van der Waals surface area contributed by atoms with E-state index in [9.17, 15) is 0 Å². The molecule has 0 spiro atoms. The summed E-state index contributed by atoms with van der Waals surface area (Å²) >= 11 is 0. The molecular formula is C12H21N3O. The third-order valence-corrected chi connectivity index (χ3v) is 2.38. The van der Waals surface area contributed by atoms with Crippen LogP contribution in [0.1, 0.15) is 25.2 Å². The molecule has 1 aromatic heterocycles. The van der Waals surface area contributed by atoms with Gasteiger partial charge in [-0.1, -0.05) is 13.8 Å². The summed E-state index contributed by atoms with van der Waals surface area (Å²) in [6.45, 7) is 7.69. The topological polar surface area (TPSA) is 54.8 Å². The summed E-state index contributed by atoms with van der Waals surface area (Å²) in [6.07, 6.45) is 1.69. The molecule has 16 heavy (non-hydrogen) atoms. The molecule has 90 valence electrons. The first-order valence-electron chi connectivity index (χ1n) is 5.54. The molecule has 0 unspecified atom stereocenters. The number of nitrogens with zero attached hydrogens (tertiary/aromatic N) is 2. The molecule has 0 aliphatic heterocycles. The Morgan fingerprint density at radius 3 is 2.75 bits per heavy atom. The van der Waals surface area contributed by atoms with Crippen molar-refractivity contribution >= 4 is 5.96 Å². The van der Waals surface area contributed by atoms with Crippen LogP contribution in [0.4, 0.5) is 0 Å². The molecule has 0 aromatic carbocycles. The van der Waals surface area contributed by atoms with Gasteiger partial charge in [0, 0.05) is 25.7 Å². The Kier molecular flexibility index (Phi) is 4.40. The molecule has 0 saturated carbocycles. The zero-order chi connectivity index (χ0) is 12.1. The lowest BCUT2D eigenvalue weighted by Crippen LogP contribution is -2.34. The van der Waals surface area contributed by atoms with Crippen LogP contribution in [0.5, 0.6) is 0 Å². The Hall–Kier alpha value is -1.45. The van der Waals surface area contributed by atoms with E-state index in [1.54, 1.807) is 6.26 Å². The highest BCUT2D eigenvalue weighted by atomic mass is 16.3. The van der Waals surface area contributed by atoms with E-state index in [0.29, 0.717) is 11.9 Å². The average molecular weight is 223 g/mol. The van der Waals surface area contributed by atoms with Gasteiger partial charge in [0.15, 0.2) is 5.96 Å². The van der Waals surface area contributed by atoms with Gasteiger partial charge in [0.1, 0.15) is 5.76 Å². The summed E-state index contributed by atoms with van der Waals surface area (Å²) in [5.41, 5.74) is 7.02. The van der Waals surface area contributed by atoms with Gasteiger partial charge in [0.05, 0.1) is 6.26 Å². The Bertz CT molecular complexity index is 355. The average Bonchev–Trinajstić information content (AvgIpc) is 2.60. The zero-order valence-corrected chi connectivity index (χ0v) is 10.5. The number of aliphatic imine (C=N–C) groups is 1. The van der Waals surface area contributed by atoms with Gasteiger partial charge in [-0.25, -0.2) is 0 Å². The van der Waals surface area contributed by atoms with Gasteiger partial charge in [-0.05, 0) is 18.9 Å². The van der Waals surface area contributed by atoms with Gasteiger partial charge in [-0.2, -0.15) is 0 Å². The van der Waals surface area contributed by atoms with E-state index in [0.717, 1.165) is 24.4 Å². The Labute approximate surface area is 97.1 Å². The molecule has 2 N–H and O–H groups in total. The number of hydrogen-bond donors (Lipinski definition) is 1. The van der Waals surface area contributed by atoms with E-state index in [2.05, 4.69) is 18.8 Å². The van der Waals surface area contributed by atoms with Crippen molar-refractivity contribution in [2.45, 2.75) is 27.3 Å². The first-order valence-corrected chi connectivity index (χ1v) is 5.54. The monoisotopic (exact) mass is 223 g/mol. The number of guanidine groups is 1. The van der Waals surface area contributed by atoms with E-state index in [4.69, 9.17) is 10.2 Å². The van der Waals surface area contributed by atoms with Crippen LogP contribution in [0.2, 0.25) is 0 Å². The van der Waals surface area contributed by atoms with Crippen molar-refractivity contribution in [2.24, 2.45) is 16.6 Å². The molecule has 0 aliphatic carbocycles. The third kappa shape index (κ3) is 3.61. The van der Waals surface area contributed by atoms with Crippen LogP contribution in [0.25, 0.3) is 0 Å². The normalized spacial score (nSPS) is 12.2. The lowest BCUT2D eigenvalue weighted by molar-refractivity contribution is 0.473. The minimum atomic E-state index is 0.530. The summed E-state index contributed by atoms with van der Waals surface area (Å²) in [5.74, 6) is 2.04. The van der Waals surface area contributed by atoms with Gasteiger partial charge < -0.3 is 15.1 Å². The third-order valence-electron chi connectivity index (χ3n) is 2.38. The van der Waals surface area contributed by atoms with Crippen molar-refractivity contribution in [3.63, 3.8) is 0 Å². The van der Waals surface area contributed by atoms with E-state index < -0.39 is 0 Å². The molecule has 4 nitrogen and oxygen atoms in total. The van der Waals surface area contributed by atoms with Crippen LogP contribution in [-0.2, 0) is 6.54 Å². The predicted octanol–water partition coefficient (Wildman–Crippen LogP) is 1.99. The Balaban J connectivity index is 2.55. The molecule has 1 rings (SSSR count). The lowest BCUT2D eigenvalue weighted by Gasteiger charge is -2.17. The summed E-state index contributed by atoms with van der Waals surface area (Å²) < 4.78 is 5.24. The quantitative estimate of drug-likeness (QED) is 0.627. The second kappa shape index (κ2) is 5.58. The highest BCUT2D eigenvalue weighted by Crippen LogP contribution is 2.10. The molecule has 0 amide bonds. The molecule has 0 aliphatic rings. The maximum Gasteiger partial charge on any atom is 0.191 e. The zero-order valence-electron chi connectivity index (χ0n) is 10.5. The Morgan fingerprint density at radius 1 is 1.56 bits per heavy atom. The standard InChI is InChI=1S/C12H21N3O/c1-9(2)7-14-12(13)15(4)8-11-5-6-16-10(11)3/h5-6,9H,7-8H2,1-4H3,(H2,13,14). The molecular weight excluding hydrogens is 202 g/mol. The lowest BCUT2D eigenvalue weighted by atomic mass is 10.2. The van der Waals surface area contributed by atoms with Crippen LogP contribution >= 0.6 is 0 Å². The fourth-order valence-corrected chi connectivity index (χ4v) is 1.31. The molecule has 0 saturated heterocycles. The highest BCUT2D eigenvalue weighted by Gasteiger charge is 2.07. The maximum absolute atomic E-state index is 5.88. The van der Waals surface area contributed by atoms with Crippen molar-refractivity contribution in [2.75, 3.05) is 13.6 Å². The smallest absolute Gasteiger partial charge is 0.191 e. The molecule has 0 radical (unpaired) electrons. The first kappa shape index (κ1) is 12.6. The van der Waals surface area contributed by atoms with Crippen molar-refractivity contribution < 1.29 is 4.42 Å². The van der Waals surface area contributed by atoms with Crippen LogP contribution in [0, 0.1) is 12.8 Å². The summed E-state index contributed by atoms with van der Waals surface area (Å²) in [5, 5.41) is 0. The molecule has 4 heteroatoms. The van der Waals surface area contributed by atoms with Crippen LogP contribution in [0.3, 0.4) is 0 Å². The van der Waals surface area contributed by atoms with Crippen molar-refractivity contribution in [1.82, 2.24) is 4.90 Å². The highest BCUT2D eigenvalue weighted by molar-refractivity contribution is 5.77. The minimum absolute atomic E-state index is 0.530. The number of furan rings is 1. The first-order chi connectivity index (χ1) is 7.50. The summed E-state index contributed by atoms with van der Waals surface area (Å²) in [6, 6.07) is 1.96. The largest absolute Gasteiger partial charge is 0.469 e. The maximum atomic E-state index is 5.88. The summed E-state index contributed by atoms with van der Waals surface area (Å²) in [4.78, 5) is 6.25. The molecule has 0 fully saturated rings. The van der Waals surface area contributed by atoms with E-state index >= 15 is 0 Å². The second-order valence-corrected chi connectivity index (χ2v) is 4.45. The fourth-order valence-electron chi connectivity index (χ4n) is 1.31. The SMILES string of the molecule is Cc1occc1CN(C)C(N)=NCC(C)C. The second-order valence-electron chi connectivity index (χ2n) is 4.45. The van der Waals surface area contributed by atoms with Crippen LogP contribution in [0.15, 0.2) is 21.7 Å². The van der Waals surface area contributed by atoms with Gasteiger partial charge in [-0.3, -0.25) is 4.99 Å². The van der Waals surface area contributed by atoms with Gasteiger partial charge in [0.2, 0.25) is 0 Å². The number of hydrogen-bond acceptors (Lipinski definition) is 2. The van der Waals surface area contributed by atoms with E-state index in [1.807, 2.05) is 24.9 Å². The molecule has 0 atom stereocenters. The van der Waals surface area contributed by atoms with Crippen molar-refractivity contribution in [3.05, 3.63) is 23.7 Å².